The van der Waals surface area contributed by atoms with Crippen LogP contribution in [0.15, 0.2) is 186 Å². The van der Waals surface area contributed by atoms with E-state index in [-0.39, 0.29) is 0 Å². The van der Waals surface area contributed by atoms with Crippen molar-refractivity contribution in [1.82, 2.24) is 9.13 Å². The first-order chi connectivity index (χ1) is 25.3. The highest BCUT2D eigenvalue weighted by molar-refractivity contribution is 6.29. The molecule has 8 aromatic carbocycles. The first kappa shape index (κ1) is 28.0. The molecule has 0 N–H and O–H groups in total. The Morgan fingerprint density at radius 3 is 1.31 bits per heavy atom. The fourth-order valence-electron chi connectivity index (χ4n) is 8.38. The van der Waals surface area contributed by atoms with Gasteiger partial charge in [-0.3, -0.25) is 0 Å². The first-order valence-electron chi connectivity index (χ1n) is 17.5. The zero-order valence-electron chi connectivity index (χ0n) is 27.6. The fraction of sp³-hybridized carbons (Fsp3) is 0. The molecule has 0 aliphatic carbocycles. The smallest absolute Gasteiger partial charge is 0.145 e. The molecule has 0 atom stereocenters. The van der Waals surface area contributed by atoms with E-state index >= 15 is 0 Å². The Kier molecular flexibility index (Phi) is 5.96. The predicted molar refractivity (Wildman–Crippen MR) is 213 cm³/mol. The van der Waals surface area contributed by atoms with Gasteiger partial charge < -0.3 is 13.6 Å². The van der Waals surface area contributed by atoms with Gasteiger partial charge in [0.1, 0.15) is 11.2 Å². The lowest BCUT2D eigenvalue weighted by molar-refractivity contribution is 0.677. The van der Waals surface area contributed by atoms with E-state index in [4.69, 9.17) is 4.42 Å². The third kappa shape index (κ3) is 4.00. The molecular formula is C48H30N2O. The number of rotatable bonds is 4. The number of hydrogen-bond donors (Lipinski definition) is 0. The molecule has 0 bridgehead atoms. The second-order valence-electron chi connectivity index (χ2n) is 13.2. The summed E-state index contributed by atoms with van der Waals surface area (Å²) in [6.45, 7) is 0. The van der Waals surface area contributed by atoms with Crippen LogP contribution in [0.5, 0.6) is 0 Å². The van der Waals surface area contributed by atoms with Crippen LogP contribution in [0.1, 0.15) is 0 Å². The van der Waals surface area contributed by atoms with Crippen LogP contribution in [0.4, 0.5) is 0 Å². The van der Waals surface area contributed by atoms with Crippen LogP contribution in [-0.2, 0) is 0 Å². The van der Waals surface area contributed by atoms with E-state index < -0.39 is 0 Å². The van der Waals surface area contributed by atoms with E-state index in [1.54, 1.807) is 0 Å². The van der Waals surface area contributed by atoms with Gasteiger partial charge in [-0.2, -0.15) is 0 Å². The molecule has 0 saturated carbocycles. The van der Waals surface area contributed by atoms with Gasteiger partial charge >= 0.3 is 0 Å². The van der Waals surface area contributed by atoms with E-state index in [9.17, 15) is 0 Å². The van der Waals surface area contributed by atoms with Crippen LogP contribution in [0.3, 0.4) is 0 Å². The maximum absolute atomic E-state index is 7.20. The van der Waals surface area contributed by atoms with Gasteiger partial charge in [0.25, 0.3) is 0 Å². The van der Waals surface area contributed by atoms with Crippen molar-refractivity contribution in [2.75, 3.05) is 0 Å². The molecular weight excluding hydrogens is 621 g/mol. The van der Waals surface area contributed by atoms with E-state index in [0.717, 1.165) is 60.6 Å². The van der Waals surface area contributed by atoms with Gasteiger partial charge in [0.15, 0.2) is 0 Å². The van der Waals surface area contributed by atoms with Gasteiger partial charge in [0.05, 0.1) is 38.5 Å². The molecule has 11 rings (SSSR count). The second kappa shape index (κ2) is 10.8. The minimum Gasteiger partial charge on any atom is -0.455 e. The molecule has 11 aromatic rings. The van der Waals surface area contributed by atoms with Crippen LogP contribution in [0, 0.1) is 0 Å². The van der Waals surface area contributed by atoms with E-state index in [1.807, 2.05) is 0 Å². The topological polar surface area (TPSA) is 23.0 Å². The summed E-state index contributed by atoms with van der Waals surface area (Å²) in [6, 6.07) is 65.2. The molecule has 3 heterocycles. The normalized spacial score (nSPS) is 11.9. The van der Waals surface area contributed by atoms with Crippen LogP contribution in [-0.4, -0.2) is 9.13 Å². The zero-order valence-corrected chi connectivity index (χ0v) is 27.6. The SMILES string of the molecule is c1ccc(-c2cccc(-c3ccccc3)c2-n2c3ccccc3c3c4oc5c(ccc6c5c5ccccc5n6-c5ccccc5)c4ccc32)cc1. The Bertz CT molecular complexity index is 3050. The summed E-state index contributed by atoms with van der Waals surface area (Å²) in [5.41, 5.74) is 13.4. The maximum Gasteiger partial charge on any atom is 0.145 e. The zero-order chi connectivity index (χ0) is 33.5. The summed E-state index contributed by atoms with van der Waals surface area (Å²) in [5, 5.41) is 6.87. The molecule has 0 spiro atoms. The van der Waals surface area contributed by atoms with Gasteiger partial charge in [-0.05, 0) is 59.7 Å². The third-order valence-electron chi connectivity index (χ3n) is 10.5. The number of hydrogen-bond acceptors (Lipinski definition) is 1. The number of benzene rings is 8. The van der Waals surface area contributed by atoms with Crippen molar-refractivity contribution in [2.24, 2.45) is 0 Å². The number of para-hydroxylation sites is 4. The molecule has 0 aliphatic heterocycles. The van der Waals surface area contributed by atoms with Gasteiger partial charge in [0.2, 0.25) is 0 Å². The Hall–Kier alpha value is -6.84. The summed E-state index contributed by atoms with van der Waals surface area (Å²) in [4.78, 5) is 0. The standard InChI is InChI=1S/C48H30N2O/c1-4-15-31(16-5-1)34-23-14-24-35(32-17-6-2-7-18-32)46(34)50-41-26-13-11-22-39(41)45-43(50)30-28-37-36-27-29-42-44(47(36)51-48(37)45)38-21-10-12-25-40(38)49(42)33-19-8-3-9-20-33/h1-30H. The number of nitrogens with zero attached hydrogens (tertiary/aromatic N) is 2. The highest BCUT2D eigenvalue weighted by Gasteiger charge is 2.24. The van der Waals surface area contributed by atoms with Gasteiger partial charge in [-0.1, -0.05) is 133 Å². The second-order valence-corrected chi connectivity index (χ2v) is 13.2. The molecule has 3 aromatic heterocycles. The van der Waals surface area contributed by atoms with E-state index in [2.05, 4.69) is 191 Å². The maximum atomic E-state index is 7.20. The fourth-order valence-corrected chi connectivity index (χ4v) is 8.38. The Balaban J connectivity index is 1.28. The monoisotopic (exact) mass is 650 g/mol. The molecule has 3 nitrogen and oxygen atoms in total. The first-order valence-corrected chi connectivity index (χ1v) is 17.5. The Morgan fingerprint density at radius 2 is 0.765 bits per heavy atom. The van der Waals surface area contributed by atoms with Crippen molar-refractivity contribution in [3.8, 4) is 33.6 Å². The molecule has 0 fully saturated rings. The van der Waals surface area contributed by atoms with Crippen LogP contribution in [0.2, 0.25) is 0 Å². The molecule has 51 heavy (non-hydrogen) atoms. The Morgan fingerprint density at radius 1 is 0.314 bits per heavy atom. The molecule has 0 unspecified atom stereocenters. The van der Waals surface area contributed by atoms with Crippen molar-refractivity contribution in [1.29, 1.82) is 0 Å². The van der Waals surface area contributed by atoms with Crippen molar-refractivity contribution in [2.45, 2.75) is 0 Å². The lowest BCUT2D eigenvalue weighted by Crippen LogP contribution is -2.00. The summed E-state index contributed by atoms with van der Waals surface area (Å²) in [6.07, 6.45) is 0. The number of fused-ring (bicyclic) bond motifs is 11. The lowest BCUT2D eigenvalue weighted by atomic mass is 9.95. The Labute approximate surface area is 293 Å². The molecule has 3 heteroatoms. The molecule has 0 amide bonds. The van der Waals surface area contributed by atoms with Crippen molar-refractivity contribution in [3.05, 3.63) is 182 Å². The summed E-state index contributed by atoms with van der Waals surface area (Å²) < 4.78 is 12.0. The number of furan rings is 1. The molecule has 0 saturated heterocycles. The van der Waals surface area contributed by atoms with Crippen molar-refractivity contribution < 1.29 is 4.42 Å². The highest BCUT2D eigenvalue weighted by Crippen LogP contribution is 2.46. The van der Waals surface area contributed by atoms with Crippen LogP contribution in [0.25, 0.3) is 99.2 Å². The van der Waals surface area contributed by atoms with Gasteiger partial charge in [-0.25, -0.2) is 0 Å². The van der Waals surface area contributed by atoms with Crippen LogP contribution >= 0.6 is 0 Å². The highest BCUT2D eigenvalue weighted by atomic mass is 16.3. The average molecular weight is 651 g/mol. The molecule has 238 valence electrons. The largest absolute Gasteiger partial charge is 0.455 e. The summed E-state index contributed by atoms with van der Waals surface area (Å²) >= 11 is 0. The summed E-state index contributed by atoms with van der Waals surface area (Å²) in [5.74, 6) is 0. The minimum absolute atomic E-state index is 0.917. The van der Waals surface area contributed by atoms with Crippen LogP contribution < -0.4 is 0 Å². The third-order valence-corrected chi connectivity index (χ3v) is 10.5. The average Bonchev–Trinajstić information content (AvgIpc) is 3.86. The van der Waals surface area contributed by atoms with Gasteiger partial charge in [0, 0.05) is 38.4 Å². The summed E-state index contributed by atoms with van der Waals surface area (Å²) in [7, 11) is 0. The van der Waals surface area contributed by atoms with Crippen molar-refractivity contribution >= 4 is 65.6 Å². The lowest BCUT2D eigenvalue weighted by Gasteiger charge is -2.19. The molecule has 0 aliphatic rings. The number of aromatic nitrogens is 2. The predicted octanol–water partition coefficient (Wildman–Crippen LogP) is 13.1. The van der Waals surface area contributed by atoms with E-state index in [1.165, 1.54) is 38.5 Å². The van der Waals surface area contributed by atoms with E-state index in [0.29, 0.717) is 0 Å². The van der Waals surface area contributed by atoms with Gasteiger partial charge in [-0.15, -0.1) is 0 Å². The molecule has 0 radical (unpaired) electrons. The van der Waals surface area contributed by atoms with Crippen molar-refractivity contribution in [3.63, 3.8) is 0 Å². The minimum atomic E-state index is 0.917. The quantitative estimate of drug-likeness (QED) is 0.186.